The topological polar surface area (TPSA) is 44.7 Å². The molecule has 1 heterocycles. The van der Waals surface area contributed by atoms with Crippen LogP contribution in [0.3, 0.4) is 0 Å². The fourth-order valence-electron chi connectivity index (χ4n) is 3.50. The average molecular weight is 340 g/mol. The number of para-hydroxylation sites is 2. The van der Waals surface area contributed by atoms with Crippen LogP contribution in [0.5, 0.6) is 5.75 Å². The lowest BCUT2D eigenvalue weighted by molar-refractivity contribution is -0.0193. The highest BCUT2D eigenvalue weighted by atomic mass is 16.5. The van der Waals surface area contributed by atoms with Crippen molar-refractivity contribution in [3.05, 3.63) is 60.2 Å². The van der Waals surface area contributed by atoms with Gasteiger partial charge in [0.05, 0.1) is 18.4 Å². The SMILES string of the molecule is COc1ccccc1NCC1(O)CCN(C(C)c2ccccc2)CC1. The van der Waals surface area contributed by atoms with Crippen molar-refractivity contribution in [2.75, 3.05) is 32.1 Å². The summed E-state index contributed by atoms with van der Waals surface area (Å²) < 4.78 is 5.36. The third-order valence-corrected chi connectivity index (χ3v) is 5.27. The van der Waals surface area contributed by atoms with E-state index in [0.717, 1.165) is 37.4 Å². The third-order valence-electron chi connectivity index (χ3n) is 5.27. The molecule has 0 radical (unpaired) electrons. The zero-order valence-electron chi connectivity index (χ0n) is 15.1. The summed E-state index contributed by atoms with van der Waals surface area (Å²) in [6, 6.07) is 18.8. The molecule has 134 valence electrons. The molecule has 3 rings (SSSR count). The highest BCUT2D eigenvalue weighted by Crippen LogP contribution is 2.30. The molecular weight excluding hydrogens is 312 g/mol. The summed E-state index contributed by atoms with van der Waals surface area (Å²) in [7, 11) is 1.67. The summed E-state index contributed by atoms with van der Waals surface area (Å²) in [6.07, 6.45) is 1.54. The van der Waals surface area contributed by atoms with Crippen molar-refractivity contribution in [1.29, 1.82) is 0 Å². The number of hydrogen-bond acceptors (Lipinski definition) is 4. The van der Waals surface area contributed by atoms with Gasteiger partial charge in [-0.1, -0.05) is 42.5 Å². The number of anilines is 1. The van der Waals surface area contributed by atoms with Crippen LogP contribution in [0, 0.1) is 0 Å². The number of aliphatic hydroxyl groups is 1. The van der Waals surface area contributed by atoms with Gasteiger partial charge in [0.25, 0.3) is 0 Å². The fourth-order valence-corrected chi connectivity index (χ4v) is 3.50. The summed E-state index contributed by atoms with van der Waals surface area (Å²) in [6.45, 7) is 4.59. The Balaban J connectivity index is 1.55. The maximum Gasteiger partial charge on any atom is 0.141 e. The van der Waals surface area contributed by atoms with Crippen molar-refractivity contribution in [3.8, 4) is 5.75 Å². The maximum absolute atomic E-state index is 10.9. The van der Waals surface area contributed by atoms with Crippen LogP contribution in [-0.2, 0) is 0 Å². The Morgan fingerprint density at radius 1 is 1.08 bits per heavy atom. The van der Waals surface area contributed by atoms with E-state index in [-0.39, 0.29) is 0 Å². The number of methoxy groups -OCH3 is 1. The van der Waals surface area contributed by atoms with Gasteiger partial charge >= 0.3 is 0 Å². The number of likely N-dealkylation sites (tertiary alicyclic amines) is 1. The van der Waals surface area contributed by atoms with Crippen LogP contribution < -0.4 is 10.1 Å². The van der Waals surface area contributed by atoms with Crippen LogP contribution in [0.15, 0.2) is 54.6 Å². The normalized spacial score (nSPS) is 18.5. The molecule has 4 nitrogen and oxygen atoms in total. The Hall–Kier alpha value is -2.04. The van der Waals surface area contributed by atoms with Crippen molar-refractivity contribution in [2.24, 2.45) is 0 Å². The van der Waals surface area contributed by atoms with Gasteiger partial charge in [0, 0.05) is 25.7 Å². The fraction of sp³-hybridized carbons (Fsp3) is 0.429. The second-order valence-corrected chi connectivity index (χ2v) is 6.90. The van der Waals surface area contributed by atoms with Crippen molar-refractivity contribution < 1.29 is 9.84 Å². The number of piperidine rings is 1. The van der Waals surface area contributed by atoms with Crippen LogP contribution in [-0.4, -0.2) is 42.4 Å². The van der Waals surface area contributed by atoms with Gasteiger partial charge in [-0.05, 0) is 37.5 Å². The van der Waals surface area contributed by atoms with Crippen LogP contribution in [0.1, 0.15) is 31.4 Å². The number of nitrogens with one attached hydrogen (secondary N) is 1. The Morgan fingerprint density at radius 2 is 1.72 bits per heavy atom. The molecule has 25 heavy (non-hydrogen) atoms. The Kier molecular flexibility index (Phi) is 5.61. The molecule has 4 heteroatoms. The Morgan fingerprint density at radius 3 is 2.40 bits per heavy atom. The molecule has 0 bridgehead atoms. The van der Waals surface area contributed by atoms with Crippen molar-refractivity contribution in [1.82, 2.24) is 4.90 Å². The summed E-state index contributed by atoms with van der Waals surface area (Å²) in [4.78, 5) is 2.45. The van der Waals surface area contributed by atoms with E-state index < -0.39 is 5.60 Å². The number of nitrogens with zero attached hydrogens (tertiary/aromatic N) is 1. The molecule has 2 aromatic rings. The van der Waals surface area contributed by atoms with Gasteiger partial charge in [0.2, 0.25) is 0 Å². The van der Waals surface area contributed by atoms with E-state index in [1.807, 2.05) is 24.3 Å². The van der Waals surface area contributed by atoms with E-state index in [4.69, 9.17) is 4.74 Å². The van der Waals surface area contributed by atoms with Gasteiger partial charge in [-0.15, -0.1) is 0 Å². The molecule has 2 aromatic carbocycles. The minimum atomic E-state index is -0.673. The highest BCUT2D eigenvalue weighted by Gasteiger charge is 2.33. The standard InChI is InChI=1S/C21H28N2O2/c1-17(18-8-4-3-5-9-18)23-14-12-21(24,13-15-23)16-22-19-10-6-7-11-20(19)25-2/h3-11,17,22,24H,12-16H2,1-2H3. The minimum Gasteiger partial charge on any atom is -0.495 e. The lowest BCUT2D eigenvalue weighted by Crippen LogP contribution is -2.48. The number of ether oxygens (including phenoxy) is 1. The highest BCUT2D eigenvalue weighted by molar-refractivity contribution is 5.56. The van der Waals surface area contributed by atoms with Gasteiger partial charge in [-0.25, -0.2) is 0 Å². The molecule has 1 saturated heterocycles. The van der Waals surface area contributed by atoms with E-state index in [9.17, 15) is 5.11 Å². The Labute approximate surface area is 150 Å². The first-order valence-corrected chi connectivity index (χ1v) is 8.99. The van der Waals surface area contributed by atoms with E-state index in [0.29, 0.717) is 12.6 Å². The van der Waals surface area contributed by atoms with E-state index in [1.54, 1.807) is 7.11 Å². The monoisotopic (exact) mass is 340 g/mol. The summed E-state index contributed by atoms with van der Waals surface area (Å²) in [5.41, 5.74) is 1.59. The molecule has 1 unspecified atom stereocenters. The first kappa shape index (κ1) is 17.8. The van der Waals surface area contributed by atoms with E-state index in [2.05, 4.69) is 47.5 Å². The van der Waals surface area contributed by atoms with Gasteiger partial charge in [-0.3, -0.25) is 4.90 Å². The predicted molar refractivity (Wildman–Crippen MR) is 102 cm³/mol. The maximum atomic E-state index is 10.9. The molecule has 1 atom stereocenters. The van der Waals surface area contributed by atoms with Crippen molar-refractivity contribution >= 4 is 5.69 Å². The Bertz CT molecular complexity index is 667. The second-order valence-electron chi connectivity index (χ2n) is 6.90. The number of hydrogen-bond donors (Lipinski definition) is 2. The van der Waals surface area contributed by atoms with E-state index in [1.165, 1.54) is 5.56 Å². The minimum absolute atomic E-state index is 0.382. The quantitative estimate of drug-likeness (QED) is 0.842. The second kappa shape index (κ2) is 7.89. The van der Waals surface area contributed by atoms with Gasteiger partial charge in [0.15, 0.2) is 0 Å². The molecule has 0 spiro atoms. The molecule has 0 aliphatic carbocycles. The van der Waals surface area contributed by atoms with Gasteiger partial charge in [0.1, 0.15) is 5.75 Å². The number of rotatable bonds is 6. The lowest BCUT2D eigenvalue weighted by atomic mass is 9.90. The summed E-state index contributed by atoms with van der Waals surface area (Å²) >= 11 is 0. The van der Waals surface area contributed by atoms with Crippen LogP contribution in [0.2, 0.25) is 0 Å². The molecule has 0 aromatic heterocycles. The van der Waals surface area contributed by atoms with Crippen molar-refractivity contribution in [3.63, 3.8) is 0 Å². The number of benzene rings is 2. The smallest absolute Gasteiger partial charge is 0.141 e. The molecular formula is C21H28N2O2. The largest absolute Gasteiger partial charge is 0.495 e. The molecule has 2 N–H and O–H groups in total. The zero-order valence-corrected chi connectivity index (χ0v) is 15.1. The van der Waals surface area contributed by atoms with Gasteiger partial charge < -0.3 is 15.2 Å². The third kappa shape index (κ3) is 4.33. The average Bonchev–Trinajstić information content (AvgIpc) is 2.67. The predicted octanol–water partition coefficient (Wildman–Crippen LogP) is 3.70. The van der Waals surface area contributed by atoms with Crippen LogP contribution >= 0.6 is 0 Å². The molecule has 1 aliphatic heterocycles. The van der Waals surface area contributed by atoms with Crippen molar-refractivity contribution in [2.45, 2.75) is 31.4 Å². The summed E-state index contributed by atoms with van der Waals surface area (Å²) in [5, 5.41) is 14.3. The summed E-state index contributed by atoms with van der Waals surface area (Å²) in [5.74, 6) is 0.807. The first-order valence-electron chi connectivity index (χ1n) is 8.99. The lowest BCUT2D eigenvalue weighted by Gasteiger charge is -2.41. The molecule has 1 fully saturated rings. The molecule has 1 aliphatic rings. The molecule has 0 saturated carbocycles. The van der Waals surface area contributed by atoms with Crippen LogP contribution in [0.25, 0.3) is 0 Å². The first-order chi connectivity index (χ1) is 12.1. The van der Waals surface area contributed by atoms with Crippen LogP contribution in [0.4, 0.5) is 5.69 Å². The molecule has 0 amide bonds. The zero-order chi connectivity index (χ0) is 17.7. The van der Waals surface area contributed by atoms with E-state index >= 15 is 0 Å². The van der Waals surface area contributed by atoms with Gasteiger partial charge in [-0.2, -0.15) is 0 Å².